The predicted octanol–water partition coefficient (Wildman–Crippen LogP) is 3.22. The Bertz CT molecular complexity index is 649. The Morgan fingerprint density at radius 1 is 1.14 bits per heavy atom. The molecule has 1 atom stereocenters. The SMILES string of the molecule is C#CCC(C(=O)OO)c1cccc(Oc2ccccc2)c1.[Al]. The third kappa shape index (κ3) is 4.65. The minimum atomic E-state index is -0.787. The average molecular weight is 309 g/mol. The predicted molar refractivity (Wildman–Crippen MR) is 83.6 cm³/mol. The first kappa shape index (κ1) is 17.8. The number of carbonyl (C=O) groups excluding carboxylic acids is 1. The van der Waals surface area contributed by atoms with E-state index < -0.39 is 11.9 Å². The number of ether oxygens (including phenoxy) is 1. The van der Waals surface area contributed by atoms with Crippen molar-refractivity contribution in [3.8, 4) is 23.8 Å². The second kappa shape index (κ2) is 8.92. The molecule has 0 spiro atoms. The zero-order valence-electron chi connectivity index (χ0n) is 11.8. The summed E-state index contributed by atoms with van der Waals surface area (Å²) in [6, 6.07) is 16.2. The van der Waals surface area contributed by atoms with Gasteiger partial charge in [-0.15, -0.1) is 12.3 Å². The standard InChI is InChI=1S/C17H14O4.Al/c1-2-7-16(17(18)21-19)13-8-6-11-15(12-13)20-14-9-4-3-5-10-14;/h1,3-6,8-12,16,19H,7H2;. The van der Waals surface area contributed by atoms with E-state index in [2.05, 4.69) is 10.8 Å². The van der Waals surface area contributed by atoms with E-state index in [9.17, 15) is 4.79 Å². The summed E-state index contributed by atoms with van der Waals surface area (Å²) in [5.74, 6) is 2.15. The lowest BCUT2D eigenvalue weighted by Gasteiger charge is -2.12. The first-order chi connectivity index (χ1) is 10.2. The van der Waals surface area contributed by atoms with Gasteiger partial charge < -0.3 is 9.62 Å². The molecule has 0 aliphatic carbocycles. The monoisotopic (exact) mass is 309 g/mol. The highest BCUT2D eigenvalue weighted by molar-refractivity contribution is 5.78. The molecule has 2 aromatic carbocycles. The Morgan fingerprint density at radius 2 is 1.82 bits per heavy atom. The van der Waals surface area contributed by atoms with Crippen molar-refractivity contribution in [2.45, 2.75) is 12.3 Å². The summed E-state index contributed by atoms with van der Waals surface area (Å²) in [5, 5.41) is 8.55. The quantitative estimate of drug-likeness (QED) is 0.399. The molecule has 0 aromatic heterocycles. The summed E-state index contributed by atoms with van der Waals surface area (Å²) < 4.78 is 5.69. The summed E-state index contributed by atoms with van der Waals surface area (Å²) >= 11 is 0. The van der Waals surface area contributed by atoms with Crippen LogP contribution in [0.5, 0.6) is 11.5 Å². The van der Waals surface area contributed by atoms with Crippen LogP contribution in [0.15, 0.2) is 54.6 Å². The lowest BCUT2D eigenvalue weighted by atomic mass is 9.96. The van der Waals surface area contributed by atoms with E-state index in [1.807, 2.05) is 30.3 Å². The summed E-state index contributed by atoms with van der Waals surface area (Å²) in [7, 11) is 0. The normalized spacial score (nSPS) is 10.7. The van der Waals surface area contributed by atoms with Gasteiger partial charge in [0.05, 0.1) is 5.92 Å². The van der Waals surface area contributed by atoms with Crippen molar-refractivity contribution in [3.05, 3.63) is 60.2 Å². The van der Waals surface area contributed by atoms with Crippen LogP contribution in [0.25, 0.3) is 0 Å². The molecule has 0 saturated heterocycles. The van der Waals surface area contributed by atoms with Gasteiger partial charge in [0.25, 0.3) is 0 Å². The van der Waals surface area contributed by atoms with Crippen LogP contribution in [0.3, 0.4) is 0 Å². The van der Waals surface area contributed by atoms with Gasteiger partial charge in [0, 0.05) is 23.8 Å². The Kier molecular flexibility index (Phi) is 7.22. The van der Waals surface area contributed by atoms with Crippen LogP contribution in [0.2, 0.25) is 0 Å². The number of benzene rings is 2. The second-order valence-corrected chi connectivity index (χ2v) is 4.36. The van der Waals surface area contributed by atoms with Gasteiger partial charge in [0.1, 0.15) is 11.5 Å². The molecule has 3 radical (unpaired) electrons. The van der Waals surface area contributed by atoms with Crippen molar-refractivity contribution in [3.63, 3.8) is 0 Å². The number of carbonyl (C=O) groups is 1. The minimum absolute atomic E-state index is 0. The average Bonchev–Trinajstić information content (AvgIpc) is 2.53. The summed E-state index contributed by atoms with van der Waals surface area (Å²) in [6.07, 6.45) is 5.38. The molecule has 0 fully saturated rings. The van der Waals surface area contributed by atoms with E-state index >= 15 is 0 Å². The van der Waals surface area contributed by atoms with Crippen LogP contribution < -0.4 is 4.74 Å². The van der Waals surface area contributed by atoms with Gasteiger partial charge in [-0.3, -0.25) is 0 Å². The fourth-order valence-corrected chi connectivity index (χ4v) is 1.94. The van der Waals surface area contributed by atoms with E-state index in [0.717, 1.165) is 0 Å². The van der Waals surface area contributed by atoms with Crippen LogP contribution in [0.1, 0.15) is 17.9 Å². The molecule has 0 aliphatic heterocycles. The summed E-state index contributed by atoms with van der Waals surface area (Å²) in [5.41, 5.74) is 0.625. The van der Waals surface area contributed by atoms with Gasteiger partial charge in [-0.2, -0.15) is 5.26 Å². The maximum absolute atomic E-state index is 11.6. The van der Waals surface area contributed by atoms with E-state index in [-0.39, 0.29) is 23.8 Å². The van der Waals surface area contributed by atoms with Gasteiger partial charge in [0.2, 0.25) is 0 Å². The summed E-state index contributed by atoms with van der Waals surface area (Å²) in [6.45, 7) is 0. The molecule has 0 amide bonds. The lowest BCUT2D eigenvalue weighted by molar-refractivity contribution is -0.236. The number of rotatable bonds is 5. The third-order valence-corrected chi connectivity index (χ3v) is 2.94. The van der Waals surface area contributed by atoms with Crippen molar-refractivity contribution in [2.24, 2.45) is 0 Å². The zero-order valence-corrected chi connectivity index (χ0v) is 13.0. The molecule has 1 unspecified atom stereocenters. The van der Waals surface area contributed by atoms with Crippen LogP contribution in [-0.4, -0.2) is 28.6 Å². The first-order valence-electron chi connectivity index (χ1n) is 6.36. The highest BCUT2D eigenvalue weighted by Gasteiger charge is 2.22. The zero-order chi connectivity index (χ0) is 15.1. The van der Waals surface area contributed by atoms with Crippen molar-refractivity contribution in [1.29, 1.82) is 0 Å². The Labute approximate surface area is 139 Å². The topological polar surface area (TPSA) is 55.8 Å². The minimum Gasteiger partial charge on any atom is -0.457 e. The number of hydrogen-bond donors (Lipinski definition) is 1. The van der Waals surface area contributed by atoms with Crippen LogP contribution >= 0.6 is 0 Å². The van der Waals surface area contributed by atoms with E-state index in [0.29, 0.717) is 17.1 Å². The largest absolute Gasteiger partial charge is 0.457 e. The van der Waals surface area contributed by atoms with E-state index in [4.69, 9.17) is 16.4 Å². The molecule has 4 nitrogen and oxygen atoms in total. The van der Waals surface area contributed by atoms with E-state index in [1.165, 1.54) is 0 Å². The molecular formula is C17H14AlO4. The number of para-hydroxylation sites is 1. The Morgan fingerprint density at radius 3 is 2.45 bits per heavy atom. The molecule has 0 heterocycles. The maximum Gasteiger partial charge on any atom is 0.350 e. The fraction of sp³-hybridized carbons (Fsp3) is 0.118. The molecule has 0 bridgehead atoms. The van der Waals surface area contributed by atoms with Crippen molar-refractivity contribution >= 4 is 23.3 Å². The van der Waals surface area contributed by atoms with Gasteiger partial charge in [-0.05, 0) is 29.8 Å². The molecule has 0 saturated carbocycles. The van der Waals surface area contributed by atoms with Gasteiger partial charge in [-0.1, -0.05) is 30.3 Å². The highest BCUT2D eigenvalue weighted by Crippen LogP contribution is 2.27. The van der Waals surface area contributed by atoms with Crippen molar-refractivity contribution in [1.82, 2.24) is 0 Å². The van der Waals surface area contributed by atoms with Crippen LogP contribution in [-0.2, 0) is 9.68 Å². The fourth-order valence-electron chi connectivity index (χ4n) is 1.94. The van der Waals surface area contributed by atoms with Crippen molar-refractivity contribution < 1.29 is 19.7 Å². The second-order valence-electron chi connectivity index (χ2n) is 4.36. The molecule has 2 aromatic rings. The molecule has 5 heteroatoms. The first-order valence-corrected chi connectivity index (χ1v) is 6.36. The number of hydrogen-bond acceptors (Lipinski definition) is 4. The number of terminal acetylenes is 1. The Balaban J connectivity index is 0.00000242. The van der Waals surface area contributed by atoms with Crippen molar-refractivity contribution in [2.75, 3.05) is 0 Å². The highest BCUT2D eigenvalue weighted by atomic mass is 27.0. The molecule has 22 heavy (non-hydrogen) atoms. The molecule has 2 rings (SSSR count). The van der Waals surface area contributed by atoms with Crippen LogP contribution in [0, 0.1) is 12.3 Å². The van der Waals surface area contributed by atoms with E-state index in [1.54, 1.807) is 24.3 Å². The lowest BCUT2D eigenvalue weighted by Crippen LogP contribution is -2.14. The molecular weight excluding hydrogens is 295 g/mol. The molecule has 1 N–H and O–H groups in total. The smallest absolute Gasteiger partial charge is 0.350 e. The third-order valence-electron chi connectivity index (χ3n) is 2.94. The van der Waals surface area contributed by atoms with Gasteiger partial charge in [-0.25, -0.2) is 4.79 Å². The summed E-state index contributed by atoms with van der Waals surface area (Å²) in [4.78, 5) is 15.4. The molecule has 109 valence electrons. The Hall–Kier alpha value is -2.24. The molecule has 0 aliphatic rings. The maximum atomic E-state index is 11.6. The van der Waals surface area contributed by atoms with Crippen LogP contribution in [0.4, 0.5) is 0 Å². The van der Waals surface area contributed by atoms with Gasteiger partial charge >= 0.3 is 5.97 Å². The van der Waals surface area contributed by atoms with Gasteiger partial charge in [0.15, 0.2) is 0 Å².